The third-order valence-corrected chi connectivity index (χ3v) is 8.99. The Hall–Kier alpha value is -4.54. The van der Waals surface area contributed by atoms with Gasteiger partial charge in [-0.2, -0.15) is 0 Å². The smallest absolute Gasteiger partial charge is 0.241 e. The predicted octanol–water partition coefficient (Wildman–Crippen LogP) is 5.01. The van der Waals surface area contributed by atoms with Crippen LogP contribution in [0, 0.1) is 10.8 Å². The van der Waals surface area contributed by atoms with Gasteiger partial charge in [0.1, 0.15) is 28.5 Å². The number of carbonyl (C=O) groups is 2. The van der Waals surface area contributed by atoms with Crippen molar-refractivity contribution in [3.63, 3.8) is 0 Å². The number of benzene rings is 2. The number of aromatic nitrogens is 2. The molecule has 3 aliphatic rings. The molecule has 3 N–H and O–H groups in total. The molecule has 3 fully saturated rings. The average molecular weight is 594 g/mol. The first kappa shape index (κ1) is 28.2. The number of pyridine rings is 2. The van der Waals surface area contributed by atoms with Crippen molar-refractivity contribution >= 4 is 34.2 Å². The summed E-state index contributed by atoms with van der Waals surface area (Å²) >= 11 is 0. The highest BCUT2D eigenvalue weighted by Gasteiger charge is 2.57. The number of anilines is 2. The summed E-state index contributed by atoms with van der Waals surface area (Å²) in [7, 11) is 0. The van der Waals surface area contributed by atoms with E-state index in [1.807, 2.05) is 36.4 Å². The van der Waals surface area contributed by atoms with Gasteiger partial charge in [-0.25, -0.2) is 4.98 Å². The minimum atomic E-state index is -1.08. The SMILES string of the molecule is O=C(Nc1ccccc1)C1(C(=O)Nc2ccc(Oc3ccnc4cc(OCCCN5CC(O)C6(CC6)C5)ccc34)cn2)CC1. The van der Waals surface area contributed by atoms with Crippen LogP contribution in [0.3, 0.4) is 0 Å². The van der Waals surface area contributed by atoms with Crippen LogP contribution in [0.1, 0.15) is 32.1 Å². The molecule has 1 atom stereocenters. The Morgan fingerprint density at radius 2 is 1.73 bits per heavy atom. The number of carbonyl (C=O) groups excluding carboxylic acids is 2. The lowest BCUT2D eigenvalue weighted by molar-refractivity contribution is -0.131. The Kier molecular flexibility index (Phi) is 7.39. The second-order valence-corrected chi connectivity index (χ2v) is 12.1. The molecule has 1 aliphatic heterocycles. The van der Waals surface area contributed by atoms with E-state index in [4.69, 9.17) is 9.47 Å². The maximum Gasteiger partial charge on any atom is 0.241 e. The average Bonchev–Trinajstić information content (AvgIpc) is 3.96. The molecule has 1 spiro atoms. The molecule has 0 radical (unpaired) electrons. The van der Waals surface area contributed by atoms with Crippen molar-refractivity contribution in [3.05, 3.63) is 79.1 Å². The van der Waals surface area contributed by atoms with Crippen molar-refractivity contribution < 1.29 is 24.2 Å². The molecule has 44 heavy (non-hydrogen) atoms. The van der Waals surface area contributed by atoms with Crippen molar-refractivity contribution in [2.75, 3.05) is 36.9 Å². The molecule has 2 saturated carbocycles. The number of nitrogens with one attached hydrogen (secondary N) is 2. The lowest BCUT2D eigenvalue weighted by Crippen LogP contribution is -2.35. The minimum absolute atomic E-state index is 0.180. The van der Waals surface area contributed by atoms with E-state index < -0.39 is 5.41 Å². The topological polar surface area (TPSA) is 126 Å². The molecule has 7 rings (SSSR count). The Bertz CT molecular complexity index is 1670. The van der Waals surface area contributed by atoms with Gasteiger partial charge in [0.2, 0.25) is 11.8 Å². The van der Waals surface area contributed by atoms with Gasteiger partial charge in [-0.3, -0.25) is 19.5 Å². The van der Waals surface area contributed by atoms with E-state index in [-0.39, 0.29) is 23.3 Å². The highest BCUT2D eigenvalue weighted by atomic mass is 16.5. The highest BCUT2D eigenvalue weighted by Crippen LogP contribution is 2.52. The quantitative estimate of drug-likeness (QED) is 0.164. The molecular weight excluding hydrogens is 558 g/mol. The summed E-state index contributed by atoms with van der Waals surface area (Å²) in [5.41, 5.74) is 0.506. The molecule has 226 valence electrons. The largest absolute Gasteiger partial charge is 0.493 e. The molecule has 10 heteroatoms. The zero-order valence-electron chi connectivity index (χ0n) is 24.4. The summed E-state index contributed by atoms with van der Waals surface area (Å²) in [6.07, 6.45) is 7.21. The van der Waals surface area contributed by atoms with Crippen molar-refractivity contribution in [1.82, 2.24) is 14.9 Å². The first-order valence-electron chi connectivity index (χ1n) is 15.2. The third-order valence-electron chi connectivity index (χ3n) is 8.99. The molecule has 1 saturated heterocycles. The Morgan fingerprint density at radius 3 is 2.45 bits per heavy atom. The first-order chi connectivity index (χ1) is 21.4. The first-order valence-corrected chi connectivity index (χ1v) is 15.2. The fraction of sp³-hybridized carbons (Fsp3) is 0.353. The second-order valence-electron chi connectivity index (χ2n) is 12.1. The van der Waals surface area contributed by atoms with Gasteiger partial charge in [0, 0.05) is 48.4 Å². The van der Waals surface area contributed by atoms with E-state index in [9.17, 15) is 14.7 Å². The van der Waals surface area contributed by atoms with Crippen LogP contribution in [0.4, 0.5) is 11.5 Å². The number of para-hydroxylation sites is 1. The number of ether oxygens (including phenoxy) is 2. The van der Waals surface area contributed by atoms with E-state index in [1.54, 1.807) is 36.5 Å². The van der Waals surface area contributed by atoms with Gasteiger partial charge in [0.15, 0.2) is 0 Å². The normalized spacial score (nSPS) is 19.4. The number of hydrogen-bond donors (Lipinski definition) is 3. The van der Waals surface area contributed by atoms with Gasteiger partial charge in [0.05, 0.1) is 24.4 Å². The predicted molar refractivity (Wildman–Crippen MR) is 166 cm³/mol. The molecular formula is C34H35N5O5. The molecule has 2 amide bonds. The summed E-state index contributed by atoms with van der Waals surface area (Å²) in [4.78, 5) is 37.0. The molecule has 2 aliphatic carbocycles. The zero-order valence-corrected chi connectivity index (χ0v) is 24.4. The van der Waals surface area contributed by atoms with Crippen molar-refractivity contribution in [2.45, 2.75) is 38.2 Å². The summed E-state index contributed by atoms with van der Waals surface area (Å²) in [6, 6.07) is 20.0. The summed E-state index contributed by atoms with van der Waals surface area (Å²) in [5.74, 6) is 1.53. The van der Waals surface area contributed by atoms with Crippen molar-refractivity contribution in [1.29, 1.82) is 0 Å². The maximum atomic E-state index is 13.0. The highest BCUT2D eigenvalue weighted by molar-refractivity contribution is 6.16. The number of aliphatic hydroxyl groups excluding tert-OH is 1. The van der Waals surface area contributed by atoms with Gasteiger partial charge in [0.25, 0.3) is 0 Å². The maximum absolute atomic E-state index is 13.0. The summed E-state index contributed by atoms with van der Waals surface area (Å²) in [5, 5.41) is 16.7. The number of likely N-dealkylation sites (tertiary alicyclic amines) is 1. The van der Waals surface area contributed by atoms with E-state index in [1.165, 1.54) is 6.20 Å². The van der Waals surface area contributed by atoms with Gasteiger partial charge in [-0.1, -0.05) is 18.2 Å². The molecule has 3 heterocycles. The van der Waals surface area contributed by atoms with E-state index >= 15 is 0 Å². The van der Waals surface area contributed by atoms with E-state index in [2.05, 4.69) is 25.5 Å². The zero-order chi connectivity index (χ0) is 30.1. The summed E-state index contributed by atoms with van der Waals surface area (Å²) in [6.45, 7) is 3.28. The van der Waals surface area contributed by atoms with Crippen LogP contribution in [0.25, 0.3) is 10.9 Å². The Morgan fingerprint density at radius 1 is 0.932 bits per heavy atom. The van der Waals surface area contributed by atoms with Gasteiger partial charge in [-0.15, -0.1) is 0 Å². The lowest BCUT2D eigenvalue weighted by Gasteiger charge is -2.16. The Labute approximate surface area is 255 Å². The van der Waals surface area contributed by atoms with Crippen LogP contribution in [0.2, 0.25) is 0 Å². The van der Waals surface area contributed by atoms with Gasteiger partial charge in [-0.05, 0) is 74.6 Å². The van der Waals surface area contributed by atoms with Crippen LogP contribution in [0.5, 0.6) is 17.2 Å². The van der Waals surface area contributed by atoms with Crippen LogP contribution < -0.4 is 20.1 Å². The second kappa shape index (κ2) is 11.5. The number of β-amino-alcohol motifs (C(OH)–C–C–N with tert-alkyl or cyclic N) is 1. The number of fused-ring (bicyclic) bond motifs is 1. The fourth-order valence-corrected chi connectivity index (χ4v) is 5.97. The molecule has 4 aromatic rings. The third kappa shape index (κ3) is 5.82. The number of amides is 2. The van der Waals surface area contributed by atoms with Gasteiger partial charge < -0.3 is 25.2 Å². The number of aliphatic hydroxyl groups is 1. The van der Waals surface area contributed by atoms with E-state index in [0.717, 1.165) is 55.5 Å². The van der Waals surface area contributed by atoms with Gasteiger partial charge >= 0.3 is 0 Å². The number of rotatable bonds is 11. The summed E-state index contributed by atoms with van der Waals surface area (Å²) < 4.78 is 12.1. The molecule has 2 aromatic carbocycles. The Balaban J connectivity index is 0.925. The molecule has 10 nitrogen and oxygen atoms in total. The van der Waals surface area contributed by atoms with Crippen LogP contribution in [0.15, 0.2) is 79.1 Å². The number of nitrogens with zero attached hydrogens (tertiary/aromatic N) is 3. The van der Waals surface area contributed by atoms with Crippen LogP contribution in [-0.4, -0.2) is 64.1 Å². The molecule has 1 unspecified atom stereocenters. The van der Waals surface area contributed by atoms with Crippen molar-refractivity contribution in [2.24, 2.45) is 10.8 Å². The number of hydrogen-bond acceptors (Lipinski definition) is 8. The fourth-order valence-electron chi connectivity index (χ4n) is 5.97. The van der Waals surface area contributed by atoms with Crippen LogP contribution >= 0.6 is 0 Å². The monoisotopic (exact) mass is 593 g/mol. The van der Waals surface area contributed by atoms with E-state index in [0.29, 0.717) is 42.5 Å². The molecule has 0 bridgehead atoms. The molecule has 2 aromatic heterocycles. The van der Waals surface area contributed by atoms with Crippen LogP contribution in [-0.2, 0) is 9.59 Å². The minimum Gasteiger partial charge on any atom is -0.493 e. The van der Waals surface area contributed by atoms with Crippen molar-refractivity contribution in [3.8, 4) is 17.2 Å². The standard InChI is InChI=1S/C34H35N5O5/c40-29-21-39(22-33(29)12-13-33)17-4-18-43-24-7-9-26-27(19-24)35-16-11-28(26)44-25-8-10-30(36-20-25)38-32(42)34(14-15-34)31(41)37-23-5-2-1-3-6-23/h1-3,5-11,16,19-20,29,40H,4,12-15,17-18,21-22H2,(H,37,41)(H,36,38,42). The lowest BCUT2D eigenvalue weighted by atomic mass is 10.0.